The van der Waals surface area contributed by atoms with E-state index in [1.807, 2.05) is 12.3 Å². The van der Waals surface area contributed by atoms with Crippen LogP contribution in [0.3, 0.4) is 0 Å². The second-order valence-electron chi connectivity index (χ2n) is 1.74. The Labute approximate surface area is 63.9 Å². The second kappa shape index (κ2) is 4.00. The van der Waals surface area contributed by atoms with E-state index in [9.17, 15) is 0 Å². The Kier molecular flexibility index (Phi) is 2.89. The van der Waals surface area contributed by atoms with Gasteiger partial charge in [-0.1, -0.05) is 17.5 Å². The van der Waals surface area contributed by atoms with Crippen LogP contribution in [0, 0.1) is 0 Å². The molecule has 4 heteroatoms. The van der Waals surface area contributed by atoms with Crippen molar-refractivity contribution in [2.24, 2.45) is 0 Å². The van der Waals surface area contributed by atoms with E-state index in [2.05, 4.69) is 21.8 Å². The first kappa shape index (κ1) is 7.21. The van der Waals surface area contributed by atoms with Crippen LogP contribution in [0.2, 0.25) is 0 Å². The molecule has 0 aliphatic heterocycles. The number of hydrogen-bond donors (Lipinski definition) is 1. The fraction of sp³-hybridized carbons (Fsp3) is 0.333. The Balaban J connectivity index is 2.34. The first-order chi connectivity index (χ1) is 4.93. The van der Waals surface area contributed by atoms with Crippen molar-refractivity contribution < 1.29 is 0 Å². The van der Waals surface area contributed by atoms with Gasteiger partial charge in [-0.15, -0.1) is 5.10 Å². The van der Waals surface area contributed by atoms with Crippen LogP contribution >= 0.6 is 11.5 Å². The summed E-state index contributed by atoms with van der Waals surface area (Å²) in [5.74, 6) is 0. The van der Waals surface area contributed by atoms with Gasteiger partial charge in [0.25, 0.3) is 0 Å². The summed E-state index contributed by atoms with van der Waals surface area (Å²) in [4.78, 5) is 0. The molecule has 54 valence electrons. The molecular formula is C6H9N3S. The van der Waals surface area contributed by atoms with Crippen molar-refractivity contribution in [3.8, 4) is 0 Å². The standard InChI is InChI=1S/C6H9N3S/c1-2-3-4-7-6-5-8-9-10-6/h3-5,7H,2H2,1H3/b4-3+. The zero-order valence-electron chi connectivity index (χ0n) is 5.74. The molecule has 0 aliphatic rings. The molecule has 1 aromatic heterocycles. The van der Waals surface area contributed by atoms with Crippen molar-refractivity contribution in [3.05, 3.63) is 18.5 Å². The molecule has 10 heavy (non-hydrogen) atoms. The van der Waals surface area contributed by atoms with Crippen molar-refractivity contribution in [1.82, 2.24) is 9.59 Å². The first-order valence-corrected chi connectivity index (χ1v) is 3.89. The van der Waals surface area contributed by atoms with Gasteiger partial charge in [-0.2, -0.15) is 0 Å². The Morgan fingerprint density at radius 2 is 2.70 bits per heavy atom. The van der Waals surface area contributed by atoms with E-state index in [-0.39, 0.29) is 0 Å². The van der Waals surface area contributed by atoms with Gasteiger partial charge in [-0.25, -0.2) is 0 Å². The van der Waals surface area contributed by atoms with Crippen LogP contribution in [0.4, 0.5) is 5.00 Å². The molecule has 1 aromatic rings. The van der Waals surface area contributed by atoms with Crippen molar-refractivity contribution in [3.63, 3.8) is 0 Å². The average Bonchev–Trinajstić information content (AvgIpc) is 2.41. The van der Waals surface area contributed by atoms with Gasteiger partial charge in [0.15, 0.2) is 0 Å². The lowest BCUT2D eigenvalue weighted by atomic mass is 10.5. The predicted molar refractivity (Wildman–Crippen MR) is 43.0 cm³/mol. The van der Waals surface area contributed by atoms with E-state index in [4.69, 9.17) is 0 Å². The number of hydrogen-bond acceptors (Lipinski definition) is 4. The number of anilines is 1. The predicted octanol–water partition coefficient (Wildman–Crippen LogP) is 1.87. The van der Waals surface area contributed by atoms with E-state index in [1.54, 1.807) is 6.20 Å². The van der Waals surface area contributed by atoms with Gasteiger partial charge in [-0.3, -0.25) is 0 Å². The van der Waals surface area contributed by atoms with Crippen LogP contribution < -0.4 is 5.32 Å². The van der Waals surface area contributed by atoms with E-state index >= 15 is 0 Å². The van der Waals surface area contributed by atoms with Gasteiger partial charge in [0.1, 0.15) is 5.00 Å². The van der Waals surface area contributed by atoms with Crippen LogP contribution in [0.15, 0.2) is 18.5 Å². The molecule has 3 nitrogen and oxygen atoms in total. The normalized spacial score (nSPS) is 10.5. The molecular weight excluding hydrogens is 146 g/mol. The summed E-state index contributed by atoms with van der Waals surface area (Å²) in [5.41, 5.74) is 0. The van der Waals surface area contributed by atoms with Crippen LogP contribution in [0.25, 0.3) is 0 Å². The maximum absolute atomic E-state index is 3.70. The first-order valence-electron chi connectivity index (χ1n) is 3.12. The highest BCUT2D eigenvalue weighted by Crippen LogP contribution is 2.08. The van der Waals surface area contributed by atoms with Crippen LogP contribution in [-0.4, -0.2) is 9.59 Å². The molecule has 1 rings (SSSR count). The number of nitrogens with zero attached hydrogens (tertiary/aromatic N) is 2. The van der Waals surface area contributed by atoms with Gasteiger partial charge < -0.3 is 5.32 Å². The van der Waals surface area contributed by atoms with Crippen molar-refractivity contribution in [2.75, 3.05) is 5.32 Å². The van der Waals surface area contributed by atoms with Crippen LogP contribution in [0.5, 0.6) is 0 Å². The third kappa shape index (κ3) is 2.14. The molecule has 1 heterocycles. The van der Waals surface area contributed by atoms with E-state index < -0.39 is 0 Å². The molecule has 0 unspecified atom stereocenters. The summed E-state index contributed by atoms with van der Waals surface area (Å²) in [6, 6.07) is 0. The molecule has 0 amide bonds. The lowest BCUT2D eigenvalue weighted by Gasteiger charge is -1.88. The summed E-state index contributed by atoms with van der Waals surface area (Å²) < 4.78 is 3.70. The molecule has 0 aliphatic carbocycles. The third-order valence-corrected chi connectivity index (χ3v) is 1.54. The molecule has 0 aromatic carbocycles. The average molecular weight is 155 g/mol. The van der Waals surface area contributed by atoms with Gasteiger partial charge in [-0.05, 0) is 12.6 Å². The maximum atomic E-state index is 3.70. The number of rotatable bonds is 3. The zero-order valence-corrected chi connectivity index (χ0v) is 6.56. The lowest BCUT2D eigenvalue weighted by Crippen LogP contribution is -1.80. The molecule has 0 radical (unpaired) electrons. The van der Waals surface area contributed by atoms with Gasteiger partial charge in [0, 0.05) is 11.5 Å². The number of allylic oxidation sites excluding steroid dienone is 1. The molecule has 0 saturated carbocycles. The molecule has 0 fully saturated rings. The summed E-state index contributed by atoms with van der Waals surface area (Å²) in [7, 11) is 0. The third-order valence-electron chi connectivity index (χ3n) is 0.940. The van der Waals surface area contributed by atoms with Gasteiger partial charge in [0.2, 0.25) is 0 Å². The highest BCUT2D eigenvalue weighted by atomic mass is 32.1. The van der Waals surface area contributed by atoms with Crippen LogP contribution in [0.1, 0.15) is 13.3 Å². The van der Waals surface area contributed by atoms with Crippen LogP contribution in [-0.2, 0) is 0 Å². The highest BCUT2D eigenvalue weighted by Gasteiger charge is 1.87. The van der Waals surface area contributed by atoms with Gasteiger partial charge in [0.05, 0.1) is 6.20 Å². The molecule has 0 saturated heterocycles. The fourth-order valence-electron chi connectivity index (χ4n) is 0.490. The quantitative estimate of drug-likeness (QED) is 0.724. The number of aromatic nitrogens is 2. The van der Waals surface area contributed by atoms with E-state index in [0.29, 0.717) is 0 Å². The second-order valence-corrected chi connectivity index (χ2v) is 2.52. The minimum Gasteiger partial charge on any atom is -0.351 e. The molecule has 0 spiro atoms. The monoisotopic (exact) mass is 155 g/mol. The van der Waals surface area contributed by atoms with E-state index in [0.717, 1.165) is 11.4 Å². The molecule has 1 N–H and O–H groups in total. The Hall–Kier alpha value is -0.900. The van der Waals surface area contributed by atoms with Gasteiger partial charge >= 0.3 is 0 Å². The molecule has 0 bridgehead atoms. The molecule has 0 atom stereocenters. The van der Waals surface area contributed by atoms with Crippen molar-refractivity contribution in [1.29, 1.82) is 0 Å². The minimum atomic E-state index is 0.977. The fourth-order valence-corrected chi connectivity index (χ4v) is 0.887. The van der Waals surface area contributed by atoms with Crippen molar-refractivity contribution >= 4 is 16.5 Å². The SMILES string of the molecule is CC/C=C/Nc1cnns1. The summed E-state index contributed by atoms with van der Waals surface area (Å²) >= 11 is 1.35. The Bertz CT molecular complexity index is 193. The van der Waals surface area contributed by atoms with Crippen molar-refractivity contribution in [2.45, 2.75) is 13.3 Å². The zero-order chi connectivity index (χ0) is 7.23. The smallest absolute Gasteiger partial charge is 0.133 e. The summed E-state index contributed by atoms with van der Waals surface area (Å²) in [5, 5.41) is 7.69. The Morgan fingerprint density at radius 3 is 3.30 bits per heavy atom. The lowest BCUT2D eigenvalue weighted by molar-refractivity contribution is 1.16. The summed E-state index contributed by atoms with van der Waals surface area (Å²) in [6.07, 6.45) is 6.68. The topological polar surface area (TPSA) is 37.8 Å². The Morgan fingerprint density at radius 1 is 1.80 bits per heavy atom. The maximum Gasteiger partial charge on any atom is 0.133 e. The van der Waals surface area contributed by atoms with E-state index in [1.165, 1.54) is 11.5 Å². The largest absolute Gasteiger partial charge is 0.351 e. The highest BCUT2D eigenvalue weighted by molar-refractivity contribution is 7.09. The number of nitrogens with one attached hydrogen (secondary N) is 1. The minimum absolute atomic E-state index is 0.977. The summed E-state index contributed by atoms with van der Waals surface area (Å²) in [6.45, 7) is 2.09.